The molecular weight excluding hydrogens is 368 g/mol. The molecule has 3 heterocycles. The van der Waals surface area contributed by atoms with Gasteiger partial charge < -0.3 is 9.80 Å². The molecule has 1 aliphatic rings. The second-order valence-electron chi connectivity index (χ2n) is 6.15. The first-order valence-electron chi connectivity index (χ1n) is 8.91. The molecule has 0 unspecified atom stereocenters. The van der Waals surface area contributed by atoms with E-state index in [2.05, 4.69) is 9.88 Å². The maximum Gasteiger partial charge on any atom is 0.273 e. The fourth-order valence-corrected chi connectivity index (χ4v) is 4.63. The first-order chi connectivity index (χ1) is 12.6. The number of hydrogen-bond donors (Lipinski definition) is 0. The summed E-state index contributed by atoms with van der Waals surface area (Å²) in [5.74, 6) is 0.147. The van der Waals surface area contributed by atoms with Gasteiger partial charge in [0, 0.05) is 44.6 Å². The summed E-state index contributed by atoms with van der Waals surface area (Å²) in [7, 11) is 0. The van der Waals surface area contributed by atoms with Crippen LogP contribution in [0.4, 0.5) is 0 Å². The Hall–Kier alpha value is -1.77. The predicted molar refractivity (Wildman–Crippen MR) is 106 cm³/mol. The van der Waals surface area contributed by atoms with E-state index >= 15 is 0 Å². The molecule has 26 heavy (non-hydrogen) atoms. The lowest BCUT2D eigenvalue weighted by atomic mass is 10.2. The molecule has 2 aromatic heterocycles. The van der Waals surface area contributed by atoms with Crippen molar-refractivity contribution in [2.24, 2.45) is 0 Å². The van der Waals surface area contributed by atoms with Crippen LogP contribution in [0.2, 0.25) is 0 Å². The third kappa shape index (κ3) is 4.31. The Labute approximate surface area is 162 Å². The van der Waals surface area contributed by atoms with Crippen LogP contribution in [0.5, 0.6) is 0 Å². The Morgan fingerprint density at radius 3 is 2.50 bits per heavy atom. The summed E-state index contributed by atoms with van der Waals surface area (Å²) in [5.41, 5.74) is 0.520. The number of carbonyl (C=O) groups excluding carboxylic acids is 2. The van der Waals surface area contributed by atoms with Crippen molar-refractivity contribution in [3.05, 3.63) is 28.6 Å². The molecule has 0 saturated carbocycles. The molecular formula is C18H24N4O2S2. The molecule has 1 fully saturated rings. The van der Waals surface area contributed by atoms with Gasteiger partial charge in [0.1, 0.15) is 10.7 Å². The van der Waals surface area contributed by atoms with Gasteiger partial charge in [0.15, 0.2) is 0 Å². The summed E-state index contributed by atoms with van der Waals surface area (Å²) in [5, 5.41) is 4.75. The topological polar surface area (TPSA) is 56.8 Å². The van der Waals surface area contributed by atoms with Gasteiger partial charge in [0.25, 0.3) is 5.91 Å². The van der Waals surface area contributed by atoms with Gasteiger partial charge >= 0.3 is 0 Å². The van der Waals surface area contributed by atoms with Crippen molar-refractivity contribution in [3.8, 4) is 9.88 Å². The third-order valence-corrected chi connectivity index (χ3v) is 6.47. The van der Waals surface area contributed by atoms with Gasteiger partial charge in [-0.15, -0.1) is 22.7 Å². The molecule has 0 bridgehead atoms. The van der Waals surface area contributed by atoms with Crippen molar-refractivity contribution >= 4 is 34.5 Å². The maximum absolute atomic E-state index is 12.7. The van der Waals surface area contributed by atoms with E-state index in [1.165, 1.54) is 11.3 Å². The van der Waals surface area contributed by atoms with Gasteiger partial charge in [-0.1, -0.05) is 6.07 Å². The number of piperazine rings is 1. The van der Waals surface area contributed by atoms with Crippen molar-refractivity contribution in [3.63, 3.8) is 0 Å². The largest absolute Gasteiger partial charge is 0.342 e. The molecule has 8 heteroatoms. The van der Waals surface area contributed by atoms with Crippen molar-refractivity contribution in [1.82, 2.24) is 19.7 Å². The highest BCUT2D eigenvalue weighted by Gasteiger charge is 2.25. The van der Waals surface area contributed by atoms with E-state index < -0.39 is 0 Å². The SMILES string of the molecule is CCN(CC)C(=O)CN1CCN(C(=O)c2csc(-c3cccs3)n2)CC1. The molecule has 2 amide bonds. The van der Waals surface area contributed by atoms with E-state index in [1.807, 2.05) is 46.5 Å². The highest BCUT2D eigenvalue weighted by molar-refractivity contribution is 7.20. The van der Waals surface area contributed by atoms with Crippen LogP contribution in [0.25, 0.3) is 9.88 Å². The van der Waals surface area contributed by atoms with Crippen molar-refractivity contribution < 1.29 is 9.59 Å². The molecule has 2 aromatic rings. The molecule has 3 rings (SSSR count). The number of rotatable bonds is 6. The van der Waals surface area contributed by atoms with Gasteiger partial charge in [-0.05, 0) is 25.3 Å². The van der Waals surface area contributed by atoms with E-state index in [0.717, 1.165) is 36.1 Å². The predicted octanol–water partition coefficient (Wildman–Crippen LogP) is 2.50. The van der Waals surface area contributed by atoms with Crippen molar-refractivity contribution in [2.45, 2.75) is 13.8 Å². The molecule has 1 aliphatic heterocycles. The molecule has 0 aromatic carbocycles. The van der Waals surface area contributed by atoms with Crippen LogP contribution in [0, 0.1) is 0 Å². The molecule has 0 spiro atoms. The number of carbonyl (C=O) groups is 2. The molecule has 0 atom stereocenters. The third-order valence-electron chi connectivity index (χ3n) is 4.59. The fourth-order valence-electron chi connectivity index (χ4n) is 3.02. The number of hydrogen-bond acceptors (Lipinski definition) is 6. The van der Waals surface area contributed by atoms with Crippen molar-refractivity contribution in [1.29, 1.82) is 0 Å². The van der Waals surface area contributed by atoms with Gasteiger partial charge in [0.05, 0.1) is 11.4 Å². The monoisotopic (exact) mass is 392 g/mol. The first kappa shape index (κ1) is 19.0. The maximum atomic E-state index is 12.7. The Morgan fingerprint density at radius 2 is 1.88 bits per heavy atom. The molecule has 140 valence electrons. The zero-order chi connectivity index (χ0) is 18.5. The van der Waals surface area contributed by atoms with Crippen LogP contribution in [-0.2, 0) is 4.79 Å². The van der Waals surface area contributed by atoms with E-state index in [9.17, 15) is 9.59 Å². The quantitative estimate of drug-likeness (QED) is 0.758. The Morgan fingerprint density at radius 1 is 1.15 bits per heavy atom. The molecule has 0 aliphatic carbocycles. The summed E-state index contributed by atoms with van der Waals surface area (Å²) in [6, 6.07) is 4.01. The van der Waals surface area contributed by atoms with Gasteiger partial charge in [-0.25, -0.2) is 4.98 Å². The minimum atomic E-state index is -0.0150. The van der Waals surface area contributed by atoms with Crippen LogP contribution < -0.4 is 0 Å². The van der Waals surface area contributed by atoms with E-state index in [-0.39, 0.29) is 11.8 Å². The lowest BCUT2D eigenvalue weighted by Gasteiger charge is -2.34. The Kier molecular flexibility index (Phi) is 6.39. The number of thiophene rings is 1. The number of aromatic nitrogens is 1. The van der Waals surface area contributed by atoms with Crippen molar-refractivity contribution in [2.75, 3.05) is 45.8 Å². The highest BCUT2D eigenvalue weighted by atomic mass is 32.1. The Bertz CT molecular complexity index is 732. The molecule has 0 N–H and O–H groups in total. The minimum Gasteiger partial charge on any atom is -0.342 e. The summed E-state index contributed by atoms with van der Waals surface area (Å²) >= 11 is 3.14. The summed E-state index contributed by atoms with van der Waals surface area (Å²) in [6.07, 6.45) is 0. The summed E-state index contributed by atoms with van der Waals surface area (Å²) in [4.78, 5) is 36.3. The fraction of sp³-hybridized carbons (Fsp3) is 0.500. The van der Waals surface area contributed by atoms with Crippen LogP contribution >= 0.6 is 22.7 Å². The second kappa shape index (κ2) is 8.75. The minimum absolute atomic E-state index is 0.0150. The Balaban J connectivity index is 1.53. The first-order valence-corrected chi connectivity index (χ1v) is 10.7. The zero-order valence-corrected chi connectivity index (χ0v) is 16.8. The smallest absolute Gasteiger partial charge is 0.273 e. The average molecular weight is 393 g/mol. The van der Waals surface area contributed by atoms with Crippen LogP contribution in [0.15, 0.2) is 22.9 Å². The van der Waals surface area contributed by atoms with Gasteiger partial charge in [0.2, 0.25) is 5.91 Å². The number of nitrogens with zero attached hydrogens (tertiary/aromatic N) is 4. The molecule has 1 saturated heterocycles. The highest BCUT2D eigenvalue weighted by Crippen LogP contribution is 2.28. The summed E-state index contributed by atoms with van der Waals surface area (Å²) < 4.78 is 0. The van der Waals surface area contributed by atoms with Crippen LogP contribution in [0.1, 0.15) is 24.3 Å². The van der Waals surface area contributed by atoms with Crippen LogP contribution in [-0.4, -0.2) is 77.3 Å². The van der Waals surface area contributed by atoms with Gasteiger partial charge in [-0.2, -0.15) is 0 Å². The van der Waals surface area contributed by atoms with Crippen LogP contribution in [0.3, 0.4) is 0 Å². The lowest BCUT2D eigenvalue weighted by Crippen LogP contribution is -2.51. The average Bonchev–Trinajstić information content (AvgIpc) is 3.34. The number of amides is 2. The van der Waals surface area contributed by atoms with Gasteiger partial charge in [-0.3, -0.25) is 14.5 Å². The number of likely N-dealkylation sites (N-methyl/N-ethyl adjacent to an activating group) is 1. The summed E-state index contributed by atoms with van der Waals surface area (Å²) in [6.45, 7) is 8.62. The van der Waals surface area contributed by atoms with E-state index in [0.29, 0.717) is 25.3 Å². The molecule has 0 radical (unpaired) electrons. The van der Waals surface area contributed by atoms with E-state index in [1.54, 1.807) is 11.3 Å². The number of thiazole rings is 1. The lowest BCUT2D eigenvalue weighted by molar-refractivity contribution is -0.132. The second-order valence-corrected chi connectivity index (χ2v) is 7.96. The standard InChI is InChI=1S/C18H24N4O2S2/c1-3-21(4-2)16(23)12-20-7-9-22(10-8-20)18(24)14-13-26-17(19-14)15-6-5-11-25-15/h5-6,11,13H,3-4,7-10,12H2,1-2H3. The normalized spacial score (nSPS) is 15.2. The van der Waals surface area contributed by atoms with E-state index in [4.69, 9.17) is 0 Å². The molecule has 6 nitrogen and oxygen atoms in total. The zero-order valence-electron chi connectivity index (χ0n) is 15.2.